The van der Waals surface area contributed by atoms with Crippen molar-refractivity contribution in [2.45, 2.75) is 56.9 Å². The van der Waals surface area contributed by atoms with Crippen LogP contribution < -0.4 is 5.32 Å². The van der Waals surface area contributed by atoms with Gasteiger partial charge in [-0.1, -0.05) is 29.8 Å². The molecule has 2 aliphatic heterocycles. The number of nitrogens with zero attached hydrogens (tertiary/aromatic N) is 3. The van der Waals surface area contributed by atoms with E-state index in [0.717, 1.165) is 10.9 Å². The Morgan fingerprint density at radius 1 is 1.20 bits per heavy atom. The Hall–Kier alpha value is -3.78. The van der Waals surface area contributed by atoms with Gasteiger partial charge in [0.05, 0.1) is 42.2 Å². The second kappa shape index (κ2) is 12.8. The number of likely N-dealkylation sites (tertiary alicyclic amines) is 1. The monoisotopic (exact) mass is 675 g/mol. The summed E-state index contributed by atoms with van der Waals surface area (Å²) in [5.41, 5.74) is 0.790. The zero-order valence-electron chi connectivity index (χ0n) is 24.6. The van der Waals surface area contributed by atoms with E-state index in [9.17, 15) is 23.2 Å². The maximum atomic E-state index is 15.6. The Kier molecular flexibility index (Phi) is 8.94. The Bertz CT molecular complexity index is 1800. The summed E-state index contributed by atoms with van der Waals surface area (Å²) in [5, 5.41) is 14.7. The number of benzene rings is 2. The lowest BCUT2D eigenvalue weighted by Crippen LogP contribution is -2.65. The molecule has 0 bridgehead atoms. The number of aliphatic carboxylic acids is 1. The minimum absolute atomic E-state index is 0.00790. The highest BCUT2D eigenvalue weighted by atomic mass is 35.5. The number of furan rings is 1. The van der Waals surface area contributed by atoms with Crippen LogP contribution in [-0.2, 0) is 22.4 Å². The van der Waals surface area contributed by atoms with E-state index in [1.807, 2.05) is 0 Å². The van der Waals surface area contributed by atoms with Crippen LogP contribution in [-0.4, -0.2) is 63.0 Å². The number of hydrogen-bond acceptors (Lipinski definition) is 7. The van der Waals surface area contributed by atoms with Crippen molar-refractivity contribution in [3.63, 3.8) is 0 Å². The molecule has 2 aromatic heterocycles. The van der Waals surface area contributed by atoms with Crippen LogP contribution in [0.1, 0.15) is 64.0 Å². The lowest BCUT2D eigenvalue weighted by Gasteiger charge is -2.46. The largest absolute Gasteiger partial charge is 0.481 e. The molecule has 2 saturated heterocycles. The van der Waals surface area contributed by atoms with Crippen molar-refractivity contribution in [2.75, 3.05) is 25.0 Å². The summed E-state index contributed by atoms with van der Waals surface area (Å²) in [6.45, 7) is 0.286. The van der Waals surface area contributed by atoms with Gasteiger partial charge in [-0.2, -0.15) is 4.59 Å². The Labute approximate surface area is 271 Å². The number of alkyl halides is 2. The van der Waals surface area contributed by atoms with Crippen LogP contribution in [0.2, 0.25) is 5.02 Å². The van der Waals surface area contributed by atoms with Crippen molar-refractivity contribution in [1.29, 1.82) is 0 Å². The molecule has 2 aliphatic rings. The van der Waals surface area contributed by atoms with Gasteiger partial charge in [0.1, 0.15) is 24.2 Å². The lowest BCUT2D eigenvalue weighted by atomic mass is 10.1. The number of carbonyl (C=O) groups excluding carboxylic acids is 2. The van der Waals surface area contributed by atoms with Gasteiger partial charge in [-0.05, 0) is 24.6 Å². The topological polar surface area (TPSA) is 113 Å². The minimum atomic E-state index is -2.84. The number of carboxylic acid groups (broad SMARTS) is 1. The summed E-state index contributed by atoms with van der Waals surface area (Å²) in [4.78, 5) is 43.7. The van der Waals surface area contributed by atoms with E-state index in [4.69, 9.17) is 21.1 Å². The number of amides is 2. The summed E-state index contributed by atoms with van der Waals surface area (Å²) in [5.74, 6) is -5.47. The number of carbonyl (C=O) groups is 3. The standard InChI is InChI=1S/C32H30ClF3N4O5S/c33-23-14-19(24(34)16-25(23)38-30(44)22-18-45-27-6-2-1-4-21(22)27)15-28(41)40(39-11-9-32(35,36)10-12-39)13-3-5-26(40)31-37-17-20(46-31)7-8-29(42)43/h1-2,4,6,14,16-18,26H,3,5,7-13,15H2,(H-,38,42,43,44)/p+1/t26-,40?/m0/s1. The third-order valence-electron chi connectivity index (χ3n) is 8.79. The molecule has 0 spiro atoms. The Morgan fingerprint density at radius 3 is 2.72 bits per heavy atom. The molecule has 2 amide bonds. The quantitative estimate of drug-likeness (QED) is 0.183. The molecule has 1 unspecified atom stereocenters. The molecule has 2 atom stereocenters. The third-order valence-corrected chi connectivity index (χ3v) is 10.3. The van der Waals surface area contributed by atoms with Crippen molar-refractivity contribution in [3.8, 4) is 0 Å². The first-order chi connectivity index (χ1) is 22.0. The molecule has 0 radical (unpaired) electrons. The maximum Gasteiger partial charge on any atom is 0.338 e. The van der Waals surface area contributed by atoms with Crippen molar-refractivity contribution < 1.29 is 41.7 Å². The van der Waals surface area contributed by atoms with Crippen LogP contribution in [0.25, 0.3) is 11.0 Å². The fraction of sp³-hybridized carbons (Fsp3) is 0.375. The highest BCUT2D eigenvalue weighted by Crippen LogP contribution is 2.45. The van der Waals surface area contributed by atoms with Gasteiger partial charge < -0.3 is 14.8 Å². The predicted octanol–water partition coefficient (Wildman–Crippen LogP) is 7.02. The van der Waals surface area contributed by atoms with E-state index in [2.05, 4.69) is 10.3 Å². The first kappa shape index (κ1) is 32.2. The van der Waals surface area contributed by atoms with Gasteiger partial charge in [0.2, 0.25) is 0 Å². The van der Waals surface area contributed by atoms with Crippen LogP contribution in [0.5, 0.6) is 0 Å². The number of thiazole rings is 1. The molecular formula is C32H31ClF3N4O5S+. The van der Waals surface area contributed by atoms with Crippen molar-refractivity contribution in [2.24, 2.45) is 0 Å². The number of fused-ring (bicyclic) bond motifs is 1. The lowest BCUT2D eigenvalue weighted by molar-refractivity contribution is -0.986. The molecule has 242 valence electrons. The molecule has 2 N–H and O–H groups in total. The smallest absolute Gasteiger partial charge is 0.338 e. The first-order valence-corrected chi connectivity index (χ1v) is 16.1. The minimum Gasteiger partial charge on any atom is -0.481 e. The average molecular weight is 676 g/mol. The van der Waals surface area contributed by atoms with Crippen LogP contribution in [0.3, 0.4) is 0 Å². The molecule has 4 aromatic rings. The molecule has 4 heterocycles. The average Bonchev–Trinajstić information content (AvgIpc) is 3.77. The van der Waals surface area contributed by atoms with Gasteiger partial charge >= 0.3 is 11.9 Å². The molecule has 9 nitrogen and oxygen atoms in total. The number of piperidine rings is 1. The Balaban J connectivity index is 1.27. The Morgan fingerprint density at radius 2 is 1.96 bits per heavy atom. The summed E-state index contributed by atoms with van der Waals surface area (Å²) in [6.07, 6.45) is 3.11. The number of rotatable bonds is 9. The second-order valence-corrected chi connectivity index (χ2v) is 13.2. The normalized spacial score (nSPS) is 21.4. The van der Waals surface area contributed by atoms with Crippen LogP contribution in [0.4, 0.5) is 18.9 Å². The van der Waals surface area contributed by atoms with Gasteiger partial charge in [-0.25, -0.2) is 22.9 Å². The van der Waals surface area contributed by atoms with E-state index >= 15 is 4.39 Å². The van der Waals surface area contributed by atoms with Gasteiger partial charge in [-0.3, -0.25) is 9.59 Å². The highest BCUT2D eigenvalue weighted by molar-refractivity contribution is 7.11. The van der Waals surface area contributed by atoms with E-state index in [1.165, 1.54) is 23.7 Å². The van der Waals surface area contributed by atoms with Crippen LogP contribution >= 0.6 is 22.9 Å². The number of carboxylic acids is 1. The fourth-order valence-corrected chi connectivity index (χ4v) is 7.81. The number of anilines is 1. The molecule has 6 rings (SSSR count). The molecule has 2 fully saturated rings. The highest BCUT2D eigenvalue weighted by Gasteiger charge is 2.56. The third kappa shape index (κ3) is 6.28. The zero-order valence-corrected chi connectivity index (χ0v) is 26.2. The summed E-state index contributed by atoms with van der Waals surface area (Å²) >= 11 is 7.81. The van der Waals surface area contributed by atoms with Crippen molar-refractivity contribution in [3.05, 3.63) is 80.7 Å². The molecule has 2 aromatic carbocycles. The molecule has 0 aliphatic carbocycles. The number of nitrogens with one attached hydrogen (secondary N) is 1. The van der Waals surface area contributed by atoms with E-state index in [-0.39, 0.29) is 64.7 Å². The maximum absolute atomic E-state index is 15.6. The van der Waals surface area contributed by atoms with E-state index in [0.29, 0.717) is 35.4 Å². The van der Waals surface area contributed by atoms with Gasteiger partial charge in [0.15, 0.2) is 11.0 Å². The number of aryl methyl sites for hydroxylation is 1. The number of quaternary nitrogens is 1. The number of para-hydroxylation sites is 1. The predicted molar refractivity (Wildman–Crippen MR) is 165 cm³/mol. The van der Waals surface area contributed by atoms with Gasteiger partial charge in [-0.15, -0.1) is 16.3 Å². The molecule has 46 heavy (non-hydrogen) atoms. The summed E-state index contributed by atoms with van der Waals surface area (Å²) in [6, 6.07) is 8.85. The first-order valence-electron chi connectivity index (χ1n) is 14.9. The fourth-order valence-electron chi connectivity index (χ4n) is 6.46. The summed E-state index contributed by atoms with van der Waals surface area (Å²) < 4.78 is 49.2. The van der Waals surface area contributed by atoms with E-state index < -0.39 is 42.5 Å². The zero-order chi connectivity index (χ0) is 32.6. The van der Waals surface area contributed by atoms with E-state index in [1.54, 1.807) is 35.5 Å². The molecule has 14 heteroatoms. The number of halogens is 4. The van der Waals surface area contributed by atoms with Gasteiger partial charge in [0, 0.05) is 47.7 Å². The van der Waals surface area contributed by atoms with Crippen LogP contribution in [0, 0.1) is 5.82 Å². The molecular weight excluding hydrogens is 645 g/mol. The molecule has 0 saturated carbocycles. The van der Waals surface area contributed by atoms with Gasteiger partial charge in [0.25, 0.3) is 11.8 Å². The van der Waals surface area contributed by atoms with Crippen molar-refractivity contribution in [1.82, 2.24) is 9.99 Å². The summed E-state index contributed by atoms with van der Waals surface area (Å²) in [7, 11) is 0. The number of aromatic nitrogens is 1. The second-order valence-electron chi connectivity index (χ2n) is 11.7. The number of hydrogen-bond donors (Lipinski definition) is 2. The van der Waals surface area contributed by atoms with Crippen molar-refractivity contribution >= 4 is 57.4 Å². The SMILES string of the molecule is O=C(O)CCc1cnc([C@@H]2CCC[N+]2(C(=O)Cc2cc(Cl)c(NC(=O)c3coc4ccccc34)cc2F)N2CCC(F)(F)CC2)s1. The van der Waals surface area contributed by atoms with Crippen LogP contribution in [0.15, 0.2) is 53.3 Å².